The number of benzene rings is 1. The maximum absolute atomic E-state index is 5.80. The molecule has 0 atom stereocenters. The first-order valence-electron chi connectivity index (χ1n) is 6.22. The molecule has 2 N–H and O–H groups in total. The van der Waals surface area contributed by atoms with E-state index in [0.717, 1.165) is 30.3 Å². The summed E-state index contributed by atoms with van der Waals surface area (Å²) >= 11 is 0. The summed E-state index contributed by atoms with van der Waals surface area (Å²) in [5, 5.41) is 0. The smallest absolute Gasteiger partial charge is 0.129 e. The number of nitrogens with two attached hydrogens (primary N) is 1. The van der Waals surface area contributed by atoms with E-state index in [1.54, 1.807) is 0 Å². The lowest BCUT2D eigenvalue weighted by molar-refractivity contribution is 0.811. The maximum Gasteiger partial charge on any atom is 0.129 e. The minimum Gasteiger partial charge on any atom is -0.399 e. The first-order valence-corrected chi connectivity index (χ1v) is 6.22. The van der Waals surface area contributed by atoms with E-state index in [2.05, 4.69) is 22.9 Å². The van der Waals surface area contributed by atoms with Crippen molar-refractivity contribution in [3.8, 4) is 0 Å². The van der Waals surface area contributed by atoms with Crippen LogP contribution in [0.5, 0.6) is 0 Å². The lowest BCUT2D eigenvalue weighted by atomic mass is 10.2. The first-order chi connectivity index (χ1) is 8.69. The Bertz CT molecular complexity index is 523. The highest BCUT2D eigenvalue weighted by Gasteiger charge is 2.06. The molecule has 0 amide bonds. The molecule has 0 spiro atoms. The Morgan fingerprint density at radius 3 is 2.61 bits per heavy atom. The van der Waals surface area contributed by atoms with Crippen LogP contribution in [-0.4, -0.2) is 11.5 Å². The van der Waals surface area contributed by atoms with Gasteiger partial charge in [0.25, 0.3) is 0 Å². The highest BCUT2D eigenvalue weighted by Crippen LogP contribution is 2.16. The molecule has 18 heavy (non-hydrogen) atoms. The number of rotatable bonds is 4. The normalized spacial score (nSPS) is 10.3. The Morgan fingerprint density at radius 2 is 1.94 bits per heavy atom. The van der Waals surface area contributed by atoms with Gasteiger partial charge in [-0.2, -0.15) is 0 Å². The molecule has 0 fully saturated rings. The average molecular weight is 241 g/mol. The van der Waals surface area contributed by atoms with Crippen LogP contribution in [0.15, 0.2) is 42.5 Å². The average Bonchev–Trinajstić information content (AvgIpc) is 2.36. The van der Waals surface area contributed by atoms with Gasteiger partial charge >= 0.3 is 0 Å². The minimum atomic E-state index is 0.806. The van der Waals surface area contributed by atoms with Crippen molar-refractivity contribution in [2.24, 2.45) is 0 Å². The standard InChI is InChI=1S/C15H19N3/c1-3-18(15-9-4-6-12(2)17-15)11-13-7-5-8-14(16)10-13/h4-10H,3,11,16H2,1-2H3. The zero-order valence-corrected chi connectivity index (χ0v) is 10.9. The fourth-order valence-electron chi connectivity index (χ4n) is 1.97. The molecule has 0 aliphatic heterocycles. The molecule has 0 aliphatic carbocycles. The van der Waals surface area contributed by atoms with E-state index in [1.165, 1.54) is 5.56 Å². The van der Waals surface area contributed by atoms with Crippen LogP contribution in [0.4, 0.5) is 11.5 Å². The van der Waals surface area contributed by atoms with Gasteiger partial charge in [0.2, 0.25) is 0 Å². The Kier molecular flexibility index (Phi) is 3.82. The molecule has 2 rings (SSSR count). The van der Waals surface area contributed by atoms with E-state index in [4.69, 9.17) is 5.73 Å². The third-order valence-electron chi connectivity index (χ3n) is 2.90. The number of aromatic nitrogens is 1. The second kappa shape index (κ2) is 5.54. The van der Waals surface area contributed by atoms with Gasteiger partial charge in [0.05, 0.1) is 0 Å². The van der Waals surface area contributed by atoms with Crippen molar-refractivity contribution in [3.63, 3.8) is 0 Å². The number of nitrogen functional groups attached to an aromatic ring is 1. The number of hydrogen-bond donors (Lipinski definition) is 1. The van der Waals surface area contributed by atoms with Gasteiger partial charge < -0.3 is 10.6 Å². The Labute approximate surface area is 108 Å². The highest BCUT2D eigenvalue weighted by molar-refractivity contribution is 5.44. The summed E-state index contributed by atoms with van der Waals surface area (Å²) in [6.45, 7) is 5.90. The number of hydrogen-bond acceptors (Lipinski definition) is 3. The van der Waals surface area contributed by atoms with Crippen molar-refractivity contribution in [1.82, 2.24) is 4.98 Å². The van der Waals surface area contributed by atoms with Crippen LogP contribution in [0.2, 0.25) is 0 Å². The predicted molar refractivity (Wildman–Crippen MR) is 76.6 cm³/mol. The van der Waals surface area contributed by atoms with Crippen molar-refractivity contribution in [2.75, 3.05) is 17.2 Å². The van der Waals surface area contributed by atoms with E-state index in [0.29, 0.717) is 0 Å². The topological polar surface area (TPSA) is 42.1 Å². The summed E-state index contributed by atoms with van der Waals surface area (Å²) in [5.41, 5.74) is 8.86. The first kappa shape index (κ1) is 12.4. The minimum absolute atomic E-state index is 0.806. The molecular formula is C15H19N3. The Morgan fingerprint density at radius 1 is 1.17 bits per heavy atom. The SMILES string of the molecule is CCN(Cc1cccc(N)c1)c1cccc(C)n1. The van der Waals surface area contributed by atoms with E-state index in [1.807, 2.05) is 43.3 Å². The molecular weight excluding hydrogens is 222 g/mol. The number of nitrogens with zero attached hydrogens (tertiary/aromatic N) is 2. The molecule has 0 unspecified atom stereocenters. The molecule has 1 aromatic carbocycles. The fourth-order valence-corrected chi connectivity index (χ4v) is 1.97. The summed E-state index contributed by atoms with van der Waals surface area (Å²) in [7, 11) is 0. The second-order valence-corrected chi connectivity index (χ2v) is 4.40. The summed E-state index contributed by atoms with van der Waals surface area (Å²) in [6, 6.07) is 14.1. The van der Waals surface area contributed by atoms with Gasteiger partial charge in [0.15, 0.2) is 0 Å². The van der Waals surface area contributed by atoms with Crippen LogP contribution < -0.4 is 10.6 Å². The van der Waals surface area contributed by atoms with Crippen LogP contribution in [0, 0.1) is 6.92 Å². The number of aryl methyl sites for hydroxylation is 1. The molecule has 0 radical (unpaired) electrons. The number of pyridine rings is 1. The largest absolute Gasteiger partial charge is 0.399 e. The fraction of sp³-hybridized carbons (Fsp3) is 0.267. The highest BCUT2D eigenvalue weighted by atomic mass is 15.2. The van der Waals surface area contributed by atoms with Gasteiger partial charge in [-0.1, -0.05) is 18.2 Å². The zero-order valence-electron chi connectivity index (χ0n) is 10.9. The zero-order chi connectivity index (χ0) is 13.0. The van der Waals surface area contributed by atoms with E-state index < -0.39 is 0 Å². The monoisotopic (exact) mass is 241 g/mol. The lowest BCUT2D eigenvalue weighted by Gasteiger charge is -2.22. The van der Waals surface area contributed by atoms with Crippen molar-refractivity contribution in [2.45, 2.75) is 20.4 Å². The van der Waals surface area contributed by atoms with Gasteiger partial charge in [-0.05, 0) is 43.7 Å². The summed E-state index contributed by atoms with van der Waals surface area (Å²) in [5.74, 6) is 1.01. The van der Waals surface area contributed by atoms with Gasteiger partial charge in [-0.15, -0.1) is 0 Å². The lowest BCUT2D eigenvalue weighted by Crippen LogP contribution is -2.23. The predicted octanol–water partition coefficient (Wildman–Crippen LogP) is 3.00. The molecule has 0 bridgehead atoms. The molecule has 2 aromatic rings. The van der Waals surface area contributed by atoms with Crippen LogP contribution in [-0.2, 0) is 6.54 Å². The van der Waals surface area contributed by atoms with Crippen molar-refractivity contribution >= 4 is 11.5 Å². The molecule has 94 valence electrons. The summed E-state index contributed by atoms with van der Waals surface area (Å²) in [4.78, 5) is 6.80. The third-order valence-corrected chi connectivity index (χ3v) is 2.90. The molecule has 3 heteroatoms. The molecule has 3 nitrogen and oxygen atoms in total. The quantitative estimate of drug-likeness (QED) is 0.837. The summed E-state index contributed by atoms with van der Waals surface area (Å²) < 4.78 is 0. The third kappa shape index (κ3) is 3.00. The van der Waals surface area contributed by atoms with E-state index in [-0.39, 0.29) is 0 Å². The van der Waals surface area contributed by atoms with Crippen LogP contribution in [0.25, 0.3) is 0 Å². The maximum atomic E-state index is 5.80. The van der Waals surface area contributed by atoms with Crippen LogP contribution in [0.3, 0.4) is 0 Å². The van der Waals surface area contributed by atoms with Crippen LogP contribution >= 0.6 is 0 Å². The number of anilines is 2. The molecule has 0 saturated heterocycles. The van der Waals surface area contributed by atoms with Crippen molar-refractivity contribution in [3.05, 3.63) is 53.7 Å². The Hall–Kier alpha value is -2.03. The summed E-state index contributed by atoms with van der Waals surface area (Å²) in [6.07, 6.45) is 0. The molecule has 0 saturated carbocycles. The van der Waals surface area contributed by atoms with Crippen molar-refractivity contribution < 1.29 is 0 Å². The van der Waals surface area contributed by atoms with Gasteiger partial charge in [-0.25, -0.2) is 4.98 Å². The Balaban J connectivity index is 2.19. The van der Waals surface area contributed by atoms with Gasteiger partial charge in [0, 0.05) is 24.5 Å². The van der Waals surface area contributed by atoms with E-state index in [9.17, 15) is 0 Å². The van der Waals surface area contributed by atoms with Crippen molar-refractivity contribution in [1.29, 1.82) is 0 Å². The van der Waals surface area contributed by atoms with Gasteiger partial charge in [-0.3, -0.25) is 0 Å². The van der Waals surface area contributed by atoms with E-state index >= 15 is 0 Å². The van der Waals surface area contributed by atoms with Gasteiger partial charge in [0.1, 0.15) is 5.82 Å². The molecule has 1 aromatic heterocycles. The molecule has 0 aliphatic rings. The van der Waals surface area contributed by atoms with Crippen LogP contribution in [0.1, 0.15) is 18.2 Å². The second-order valence-electron chi connectivity index (χ2n) is 4.40. The molecule has 1 heterocycles.